The number of Topliss-reactive ketones (excluding diaryl/α,β-unsaturated/α-hetero) is 1. The maximum Gasteiger partial charge on any atom is 0.328 e. The Bertz CT molecular complexity index is 1490. The molecule has 1 unspecified atom stereocenters. The molecule has 1 atom stereocenters. The molecule has 3 N–H and O–H groups in total. The summed E-state index contributed by atoms with van der Waals surface area (Å²) in [7, 11) is 0. The molecule has 2 amide bonds. The molecule has 1 fully saturated rings. The van der Waals surface area contributed by atoms with Crippen LogP contribution in [-0.2, 0) is 9.47 Å². The Kier molecular flexibility index (Phi) is 7.68. The number of urea groups is 1. The lowest BCUT2D eigenvalue weighted by molar-refractivity contribution is 0.0480. The van der Waals surface area contributed by atoms with Gasteiger partial charge in [-0.05, 0) is 37.3 Å². The average Bonchev–Trinajstić information content (AvgIpc) is 3.59. The number of amides is 2. The van der Waals surface area contributed by atoms with E-state index in [1.165, 1.54) is 11.8 Å². The van der Waals surface area contributed by atoms with Crippen molar-refractivity contribution in [2.24, 2.45) is 0 Å². The van der Waals surface area contributed by atoms with Crippen LogP contribution in [0.1, 0.15) is 23.1 Å². The molecule has 12 nitrogen and oxygen atoms in total. The molecule has 2 aromatic heterocycles. The number of rotatable bonds is 8. The summed E-state index contributed by atoms with van der Waals surface area (Å²) < 4.78 is 16.7. The number of para-hydroxylation sites is 1. The highest BCUT2D eigenvalue weighted by atomic mass is 35.5. The van der Waals surface area contributed by atoms with E-state index in [0.717, 1.165) is 0 Å². The molecule has 0 spiro atoms. The highest BCUT2D eigenvalue weighted by molar-refractivity contribution is 6.32. The van der Waals surface area contributed by atoms with Gasteiger partial charge in [0.05, 0.1) is 11.6 Å². The van der Waals surface area contributed by atoms with Crippen molar-refractivity contribution in [2.75, 3.05) is 28.9 Å². The van der Waals surface area contributed by atoms with Gasteiger partial charge in [0.25, 0.3) is 0 Å². The zero-order valence-electron chi connectivity index (χ0n) is 21.0. The van der Waals surface area contributed by atoms with Crippen molar-refractivity contribution >= 4 is 46.4 Å². The van der Waals surface area contributed by atoms with Gasteiger partial charge in [-0.25, -0.2) is 9.78 Å². The Labute approximate surface area is 228 Å². The third-order valence-electron chi connectivity index (χ3n) is 5.58. The molecular weight excluding hydrogens is 526 g/mol. The van der Waals surface area contributed by atoms with Gasteiger partial charge in [-0.15, -0.1) is 0 Å². The predicted molar refractivity (Wildman–Crippen MR) is 144 cm³/mol. The molecule has 5 rings (SSSR count). The van der Waals surface area contributed by atoms with Gasteiger partial charge in [0.1, 0.15) is 24.1 Å². The van der Waals surface area contributed by atoms with E-state index < -0.39 is 12.3 Å². The van der Waals surface area contributed by atoms with Gasteiger partial charge in [-0.1, -0.05) is 29.8 Å². The third kappa shape index (κ3) is 6.32. The normalized spacial score (nSPS) is 14.6. The number of hydrogen-bond acceptors (Lipinski definition) is 9. The van der Waals surface area contributed by atoms with Gasteiger partial charge >= 0.3 is 12.0 Å². The van der Waals surface area contributed by atoms with E-state index >= 15 is 0 Å². The molecule has 1 aliphatic heterocycles. The molecule has 0 radical (unpaired) electrons. The molecule has 0 saturated carbocycles. The van der Waals surface area contributed by atoms with E-state index in [1.54, 1.807) is 37.3 Å². The lowest BCUT2D eigenvalue weighted by Gasteiger charge is -2.27. The number of nitrogens with one attached hydrogen (secondary N) is 3. The standard InChI is InChI=1S/C26H24ClN7O5/c1-15-10-22(30-23-12-20(16(2)35)32-33-23)31-25(28-15)39-21-9-8-17(11-19(21)27)29-26(36)34(24-13-37-14-38-24)18-6-4-3-5-7-18/h3-12,24H,13-14H2,1-2H3,(H,29,36)(H2,28,30,31,32,33). The molecule has 1 aliphatic rings. The number of halogens is 1. The Morgan fingerprint density at radius 1 is 1.10 bits per heavy atom. The van der Waals surface area contributed by atoms with Crippen LogP contribution in [0.4, 0.5) is 27.8 Å². The first kappa shape index (κ1) is 26.1. The largest absolute Gasteiger partial charge is 0.423 e. The number of aromatic nitrogens is 4. The molecular formula is C26H24ClN7O5. The van der Waals surface area contributed by atoms with Crippen molar-refractivity contribution in [3.05, 3.63) is 77.1 Å². The summed E-state index contributed by atoms with van der Waals surface area (Å²) in [5.41, 5.74) is 2.10. The molecule has 4 aromatic rings. The highest BCUT2D eigenvalue weighted by Crippen LogP contribution is 2.32. The molecule has 3 heterocycles. The van der Waals surface area contributed by atoms with Crippen LogP contribution in [0.3, 0.4) is 0 Å². The van der Waals surface area contributed by atoms with Crippen LogP contribution in [0.25, 0.3) is 0 Å². The van der Waals surface area contributed by atoms with E-state index in [4.69, 9.17) is 25.8 Å². The zero-order chi connectivity index (χ0) is 27.4. The molecule has 1 saturated heterocycles. The fourth-order valence-corrected chi connectivity index (χ4v) is 3.99. The minimum atomic E-state index is -0.567. The van der Waals surface area contributed by atoms with Gasteiger partial charge in [0.2, 0.25) is 0 Å². The second kappa shape index (κ2) is 11.5. The molecule has 2 aromatic carbocycles. The molecule has 13 heteroatoms. The SMILES string of the molecule is CC(=O)c1cc(Nc2cc(C)nc(Oc3ccc(NC(=O)N(c4ccccc4)C4COCO4)cc3Cl)n2)n[nH]1. The second-order valence-corrected chi connectivity index (χ2v) is 8.93. The van der Waals surface area contributed by atoms with Crippen LogP contribution in [0.5, 0.6) is 11.8 Å². The summed E-state index contributed by atoms with van der Waals surface area (Å²) in [6.07, 6.45) is -0.567. The van der Waals surface area contributed by atoms with E-state index in [0.29, 0.717) is 34.4 Å². The van der Waals surface area contributed by atoms with Crippen molar-refractivity contribution in [1.82, 2.24) is 20.2 Å². The fourth-order valence-electron chi connectivity index (χ4n) is 3.77. The number of hydrogen-bond donors (Lipinski definition) is 3. The summed E-state index contributed by atoms with van der Waals surface area (Å²) in [4.78, 5) is 34.8. The number of ketones is 1. The number of H-pyrrole nitrogens is 1. The molecule has 200 valence electrons. The molecule has 0 aliphatic carbocycles. The number of aromatic amines is 1. The van der Waals surface area contributed by atoms with Crippen molar-refractivity contribution < 1.29 is 23.8 Å². The number of ether oxygens (including phenoxy) is 3. The lowest BCUT2D eigenvalue weighted by atomic mass is 10.2. The van der Waals surface area contributed by atoms with Crippen LogP contribution < -0.4 is 20.3 Å². The first-order chi connectivity index (χ1) is 18.9. The maximum atomic E-state index is 13.2. The van der Waals surface area contributed by atoms with Gasteiger partial charge in [-0.2, -0.15) is 10.1 Å². The van der Waals surface area contributed by atoms with E-state index in [1.807, 2.05) is 30.3 Å². The van der Waals surface area contributed by atoms with Crippen molar-refractivity contribution in [3.63, 3.8) is 0 Å². The quantitative estimate of drug-likeness (QED) is 0.250. The Morgan fingerprint density at radius 3 is 2.62 bits per heavy atom. The van der Waals surface area contributed by atoms with Gasteiger partial charge < -0.3 is 24.8 Å². The maximum absolute atomic E-state index is 13.2. The van der Waals surface area contributed by atoms with Crippen LogP contribution in [0.15, 0.2) is 60.7 Å². The van der Waals surface area contributed by atoms with Crippen molar-refractivity contribution in [1.29, 1.82) is 0 Å². The summed E-state index contributed by atoms with van der Waals surface area (Å²) in [6, 6.07) is 16.9. The van der Waals surface area contributed by atoms with Gasteiger partial charge in [0, 0.05) is 36.1 Å². The van der Waals surface area contributed by atoms with E-state index in [9.17, 15) is 9.59 Å². The summed E-state index contributed by atoms with van der Waals surface area (Å²) >= 11 is 6.48. The predicted octanol–water partition coefficient (Wildman–Crippen LogP) is 5.27. The van der Waals surface area contributed by atoms with Crippen LogP contribution >= 0.6 is 11.6 Å². The molecule has 0 bridgehead atoms. The number of benzene rings is 2. The second-order valence-electron chi connectivity index (χ2n) is 8.52. The first-order valence-electron chi connectivity index (χ1n) is 11.9. The Morgan fingerprint density at radius 2 is 1.92 bits per heavy atom. The van der Waals surface area contributed by atoms with Crippen molar-refractivity contribution in [2.45, 2.75) is 20.1 Å². The summed E-state index contributed by atoms with van der Waals surface area (Å²) in [5, 5.41) is 12.8. The monoisotopic (exact) mass is 549 g/mol. The fraction of sp³-hybridized carbons (Fsp3) is 0.192. The van der Waals surface area contributed by atoms with Gasteiger partial charge in [-0.3, -0.25) is 14.8 Å². The summed E-state index contributed by atoms with van der Waals surface area (Å²) in [5.74, 6) is 0.985. The number of aryl methyl sites for hydroxylation is 1. The number of carbonyl (C=O) groups is 2. The third-order valence-corrected chi connectivity index (χ3v) is 5.87. The highest BCUT2D eigenvalue weighted by Gasteiger charge is 2.30. The average molecular weight is 550 g/mol. The first-order valence-corrected chi connectivity index (χ1v) is 12.2. The minimum absolute atomic E-state index is 0.0483. The lowest BCUT2D eigenvalue weighted by Crippen LogP contribution is -2.44. The number of nitrogens with zero attached hydrogens (tertiary/aromatic N) is 4. The summed E-state index contributed by atoms with van der Waals surface area (Å²) in [6.45, 7) is 3.58. The number of carbonyl (C=O) groups excluding carboxylic acids is 2. The minimum Gasteiger partial charge on any atom is -0.423 e. The van der Waals surface area contributed by atoms with E-state index in [2.05, 4.69) is 30.8 Å². The zero-order valence-corrected chi connectivity index (χ0v) is 21.7. The van der Waals surface area contributed by atoms with Crippen LogP contribution in [0.2, 0.25) is 5.02 Å². The Balaban J connectivity index is 1.29. The number of anilines is 4. The Hall–Kier alpha value is -4.52. The van der Waals surface area contributed by atoms with Crippen molar-refractivity contribution in [3.8, 4) is 11.8 Å². The van der Waals surface area contributed by atoms with Crippen LogP contribution in [-0.4, -0.2) is 51.6 Å². The van der Waals surface area contributed by atoms with Crippen LogP contribution in [0, 0.1) is 6.92 Å². The van der Waals surface area contributed by atoms with Gasteiger partial charge in [0.15, 0.2) is 17.8 Å². The molecule has 39 heavy (non-hydrogen) atoms. The topological polar surface area (TPSA) is 144 Å². The van der Waals surface area contributed by atoms with E-state index in [-0.39, 0.29) is 36.0 Å². The smallest absolute Gasteiger partial charge is 0.328 e.